The van der Waals surface area contributed by atoms with Crippen LogP contribution in [0.3, 0.4) is 0 Å². The molecule has 1 heterocycles. The van der Waals surface area contributed by atoms with E-state index in [9.17, 15) is 4.79 Å². The van der Waals surface area contributed by atoms with E-state index in [-0.39, 0.29) is 18.3 Å². The Labute approximate surface area is 159 Å². The van der Waals surface area contributed by atoms with Crippen molar-refractivity contribution in [2.45, 2.75) is 39.2 Å². The molecule has 0 spiro atoms. The second-order valence-electron chi connectivity index (χ2n) is 6.35. The third-order valence-electron chi connectivity index (χ3n) is 4.47. The maximum absolute atomic E-state index is 12.6. The van der Waals surface area contributed by atoms with E-state index in [1.165, 1.54) is 6.42 Å². The van der Waals surface area contributed by atoms with E-state index >= 15 is 0 Å². The first-order valence-corrected chi connectivity index (χ1v) is 9.16. The second kappa shape index (κ2) is 10.3. The van der Waals surface area contributed by atoms with Crippen LogP contribution in [0.4, 0.5) is 0 Å². The molecule has 1 atom stereocenters. The van der Waals surface area contributed by atoms with Gasteiger partial charge >= 0.3 is 0 Å². The van der Waals surface area contributed by atoms with Gasteiger partial charge in [-0.3, -0.25) is 4.79 Å². The molecule has 0 saturated carbocycles. The standard InChI is InChI=1S/C18H27BrN2O2.ClH/c1-13-4-5-17(16(19)12-13)23-14(2)18(22)21-10-7-15(8-11-21)6-9-20-3;/h4-5,12,14-15,20H,6-11H2,1-3H3;1H. The number of carbonyl (C=O) groups excluding carboxylic acids is 1. The van der Waals surface area contributed by atoms with Gasteiger partial charge in [-0.1, -0.05) is 6.07 Å². The fourth-order valence-corrected chi connectivity index (χ4v) is 3.58. The van der Waals surface area contributed by atoms with E-state index in [1.54, 1.807) is 0 Å². The van der Waals surface area contributed by atoms with Crippen LogP contribution >= 0.6 is 28.3 Å². The Morgan fingerprint density at radius 1 is 1.42 bits per heavy atom. The quantitative estimate of drug-likeness (QED) is 0.762. The van der Waals surface area contributed by atoms with Crippen LogP contribution in [-0.2, 0) is 4.79 Å². The summed E-state index contributed by atoms with van der Waals surface area (Å²) in [6, 6.07) is 5.90. The van der Waals surface area contributed by atoms with Gasteiger partial charge in [0, 0.05) is 13.1 Å². The molecule has 24 heavy (non-hydrogen) atoms. The summed E-state index contributed by atoms with van der Waals surface area (Å²) in [5.41, 5.74) is 1.16. The molecule has 1 saturated heterocycles. The maximum atomic E-state index is 12.6. The third-order valence-corrected chi connectivity index (χ3v) is 5.09. The lowest BCUT2D eigenvalue weighted by atomic mass is 9.93. The zero-order chi connectivity index (χ0) is 16.8. The lowest BCUT2D eigenvalue weighted by Gasteiger charge is -2.33. The number of ether oxygens (including phenoxy) is 1. The largest absolute Gasteiger partial charge is 0.480 e. The fraction of sp³-hybridized carbons (Fsp3) is 0.611. The Bertz CT molecular complexity index is 534. The van der Waals surface area contributed by atoms with E-state index in [0.29, 0.717) is 0 Å². The van der Waals surface area contributed by atoms with E-state index in [1.807, 2.05) is 44.0 Å². The third kappa shape index (κ3) is 5.94. The molecule has 4 nitrogen and oxygen atoms in total. The Morgan fingerprint density at radius 3 is 2.67 bits per heavy atom. The average molecular weight is 420 g/mol. The van der Waals surface area contributed by atoms with Crippen molar-refractivity contribution < 1.29 is 9.53 Å². The van der Waals surface area contributed by atoms with E-state index < -0.39 is 6.10 Å². The van der Waals surface area contributed by atoms with Gasteiger partial charge in [0.25, 0.3) is 5.91 Å². The van der Waals surface area contributed by atoms with Gasteiger partial charge in [0.2, 0.25) is 0 Å². The molecule has 0 bridgehead atoms. The molecule has 1 unspecified atom stereocenters. The first-order valence-electron chi connectivity index (χ1n) is 8.37. The molecular formula is C18H28BrClN2O2. The van der Waals surface area contributed by atoms with Crippen LogP contribution in [0.2, 0.25) is 0 Å². The van der Waals surface area contributed by atoms with Crippen molar-refractivity contribution in [2.75, 3.05) is 26.7 Å². The van der Waals surface area contributed by atoms with E-state index in [2.05, 4.69) is 21.2 Å². The highest BCUT2D eigenvalue weighted by atomic mass is 79.9. The molecule has 6 heteroatoms. The first kappa shape index (κ1) is 21.3. The number of aryl methyl sites for hydroxylation is 1. The smallest absolute Gasteiger partial charge is 0.263 e. The van der Waals surface area contributed by atoms with Crippen molar-refractivity contribution in [3.05, 3.63) is 28.2 Å². The fourth-order valence-electron chi connectivity index (χ4n) is 2.99. The van der Waals surface area contributed by atoms with E-state index in [0.717, 1.165) is 54.2 Å². The van der Waals surface area contributed by atoms with Crippen molar-refractivity contribution >= 4 is 34.2 Å². The van der Waals surface area contributed by atoms with Crippen molar-refractivity contribution in [3.8, 4) is 5.75 Å². The number of nitrogens with one attached hydrogen (secondary N) is 1. The van der Waals surface area contributed by atoms with Crippen molar-refractivity contribution in [3.63, 3.8) is 0 Å². The molecule has 0 radical (unpaired) electrons. The number of benzene rings is 1. The van der Waals surface area contributed by atoms with Crippen molar-refractivity contribution in [1.82, 2.24) is 10.2 Å². The first-order chi connectivity index (χ1) is 11.0. The molecule has 1 aliphatic rings. The highest BCUT2D eigenvalue weighted by molar-refractivity contribution is 9.10. The summed E-state index contributed by atoms with van der Waals surface area (Å²) in [7, 11) is 1.99. The summed E-state index contributed by atoms with van der Waals surface area (Å²) in [5.74, 6) is 1.54. The summed E-state index contributed by atoms with van der Waals surface area (Å²) >= 11 is 3.50. The molecule has 136 valence electrons. The normalized spacial score (nSPS) is 16.4. The minimum Gasteiger partial charge on any atom is -0.480 e. The summed E-state index contributed by atoms with van der Waals surface area (Å²) in [6.45, 7) is 6.61. The maximum Gasteiger partial charge on any atom is 0.263 e. The summed E-state index contributed by atoms with van der Waals surface area (Å²) < 4.78 is 6.75. The number of nitrogens with zero attached hydrogens (tertiary/aromatic N) is 1. The molecule has 1 aromatic carbocycles. The van der Waals surface area contributed by atoms with Gasteiger partial charge in [-0.2, -0.15) is 0 Å². The Morgan fingerprint density at radius 2 is 2.08 bits per heavy atom. The van der Waals surface area contributed by atoms with Gasteiger partial charge in [-0.25, -0.2) is 0 Å². The van der Waals surface area contributed by atoms with Crippen LogP contribution in [0.5, 0.6) is 5.75 Å². The van der Waals surface area contributed by atoms with Gasteiger partial charge in [-0.05, 0) is 86.2 Å². The molecule has 0 aliphatic carbocycles. The Balaban J connectivity index is 0.00000288. The number of rotatable bonds is 6. The second-order valence-corrected chi connectivity index (χ2v) is 7.21. The number of carbonyl (C=O) groups is 1. The molecular weight excluding hydrogens is 392 g/mol. The lowest BCUT2D eigenvalue weighted by Crippen LogP contribution is -2.45. The monoisotopic (exact) mass is 418 g/mol. The number of hydrogen-bond donors (Lipinski definition) is 1. The number of likely N-dealkylation sites (tertiary alicyclic amines) is 1. The van der Waals surface area contributed by atoms with Gasteiger partial charge in [0.1, 0.15) is 5.75 Å². The highest BCUT2D eigenvalue weighted by Crippen LogP contribution is 2.27. The Kier molecular flexibility index (Phi) is 9.09. The lowest BCUT2D eigenvalue weighted by molar-refractivity contribution is -0.139. The molecule has 1 aliphatic heterocycles. The zero-order valence-corrected chi connectivity index (χ0v) is 17.1. The van der Waals surface area contributed by atoms with Gasteiger partial charge < -0.3 is 15.0 Å². The number of amides is 1. The van der Waals surface area contributed by atoms with Crippen LogP contribution < -0.4 is 10.1 Å². The van der Waals surface area contributed by atoms with Crippen LogP contribution in [0.1, 0.15) is 31.7 Å². The van der Waals surface area contributed by atoms with Gasteiger partial charge in [0.05, 0.1) is 4.47 Å². The molecule has 1 aromatic rings. The van der Waals surface area contributed by atoms with Crippen LogP contribution in [0.15, 0.2) is 22.7 Å². The number of piperidine rings is 1. The van der Waals surface area contributed by atoms with Gasteiger partial charge in [-0.15, -0.1) is 12.4 Å². The highest BCUT2D eigenvalue weighted by Gasteiger charge is 2.27. The number of halogens is 2. The predicted octanol–water partition coefficient (Wildman–Crippen LogP) is 3.79. The minimum absolute atomic E-state index is 0. The van der Waals surface area contributed by atoms with E-state index in [4.69, 9.17) is 4.74 Å². The van der Waals surface area contributed by atoms with Gasteiger partial charge in [0.15, 0.2) is 6.10 Å². The van der Waals surface area contributed by atoms with Crippen molar-refractivity contribution in [1.29, 1.82) is 0 Å². The molecule has 1 fully saturated rings. The summed E-state index contributed by atoms with van der Waals surface area (Å²) in [4.78, 5) is 14.5. The number of hydrogen-bond acceptors (Lipinski definition) is 3. The van der Waals surface area contributed by atoms with Crippen LogP contribution in [0.25, 0.3) is 0 Å². The molecule has 2 rings (SSSR count). The van der Waals surface area contributed by atoms with Crippen LogP contribution in [-0.4, -0.2) is 43.6 Å². The molecule has 0 aromatic heterocycles. The predicted molar refractivity (Wildman–Crippen MR) is 104 cm³/mol. The van der Waals surface area contributed by atoms with Crippen molar-refractivity contribution in [2.24, 2.45) is 5.92 Å². The Hall–Kier alpha value is -0.780. The summed E-state index contributed by atoms with van der Waals surface area (Å²) in [6.07, 6.45) is 2.92. The zero-order valence-electron chi connectivity index (χ0n) is 14.7. The SMILES string of the molecule is CNCCC1CCN(C(=O)C(C)Oc2ccc(C)cc2Br)CC1.Cl. The summed E-state index contributed by atoms with van der Waals surface area (Å²) in [5, 5.41) is 3.20. The topological polar surface area (TPSA) is 41.6 Å². The minimum atomic E-state index is -0.456. The van der Waals surface area contributed by atoms with Crippen LogP contribution in [0, 0.1) is 12.8 Å². The molecule has 1 N–H and O–H groups in total. The molecule has 1 amide bonds. The average Bonchev–Trinajstić information content (AvgIpc) is 2.55.